The van der Waals surface area contributed by atoms with E-state index in [2.05, 4.69) is 19.5 Å². The predicted octanol–water partition coefficient (Wildman–Crippen LogP) is -0.232. The Bertz CT molecular complexity index is 816. The van der Waals surface area contributed by atoms with E-state index in [0.29, 0.717) is 0 Å². The number of phosphoric ester groups is 1. The quantitative estimate of drug-likeness (QED) is 0.409. The minimum absolute atomic E-state index is 0.0147. The molecule has 0 aromatic carbocycles. The van der Waals surface area contributed by atoms with Crippen LogP contribution in [-0.2, 0) is 13.8 Å². The van der Waals surface area contributed by atoms with E-state index in [9.17, 15) is 14.1 Å². The fraction of sp³-hybridized carbons (Fsp3) is 0.500. The fourth-order valence-electron chi connectivity index (χ4n) is 2.33. The van der Waals surface area contributed by atoms with Gasteiger partial charge in [-0.25, -0.2) is 13.9 Å². The van der Waals surface area contributed by atoms with E-state index in [4.69, 9.17) is 31.9 Å². The van der Waals surface area contributed by atoms with Crippen LogP contribution >= 0.6 is 19.4 Å². The standard InChI is InChI=1S/C10H12ClFN5O6P/c11-10-15-7(13)5-8(16-10)17(2-14-5)9-4(12)6(18)3(23-9)1-22-24(19,20)21/h2-4,6,9,18H,1H2,(H2,13,15,16)(H2,19,20,21)/t3-,4-,6?,9-/m1/s1. The molecule has 11 nitrogen and oxygen atoms in total. The second kappa shape index (κ2) is 6.15. The molecule has 1 fully saturated rings. The van der Waals surface area contributed by atoms with E-state index < -0.39 is 39.0 Å². The van der Waals surface area contributed by atoms with E-state index in [1.807, 2.05) is 0 Å². The molecule has 0 saturated carbocycles. The number of aliphatic hydroxyl groups is 1. The summed E-state index contributed by atoms with van der Waals surface area (Å²) in [4.78, 5) is 28.9. The summed E-state index contributed by atoms with van der Waals surface area (Å²) in [5.41, 5.74) is 5.91. The summed E-state index contributed by atoms with van der Waals surface area (Å²) in [5, 5.41) is 9.67. The van der Waals surface area contributed by atoms with Gasteiger partial charge < -0.3 is 25.4 Å². The molecule has 2 aromatic heterocycles. The molecular formula is C10H12ClFN5O6P. The van der Waals surface area contributed by atoms with Crippen molar-refractivity contribution in [2.45, 2.75) is 24.6 Å². The zero-order valence-electron chi connectivity index (χ0n) is 11.7. The molecular weight excluding hydrogens is 372 g/mol. The summed E-state index contributed by atoms with van der Waals surface area (Å²) in [6, 6.07) is 0. The number of aliphatic hydroxyl groups excluding tert-OH is 1. The van der Waals surface area contributed by atoms with Gasteiger partial charge >= 0.3 is 7.82 Å². The van der Waals surface area contributed by atoms with Crippen molar-refractivity contribution in [2.24, 2.45) is 0 Å². The molecule has 1 aliphatic heterocycles. The number of nitrogens with zero attached hydrogens (tertiary/aromatic N) is 4. The van der Waals surface area contributed by atoms with Gasteiger partial charge in [0.2, 0.25) is 5.28 Å². The number of hydrogen-bond acceptors (Lipinski definition) is 8. The van der Waals surface area contributed by atoms with Gasteiger partial charge in [-0.3, -0.25) is 9.09 Å². The van der Waals surface area contributed by atoms with Gasteiger partial charge in [-0.15, -0.1) is 0 Å². The van der Waals surface area contributed by atoms with Crippen LogP contribution in [0.2, 0.25) is 5.28 Å². The molecule has 1 aliphatic rings. The lowest BCUT2D eigenvalue weighted by molar-refractivity contribution is -0.0451. The second-order valence-corrected chi connectivity index (χ2v) is 6.57. The maximum atomic E-state index is 14.4. The van der Waals surface area contributed by atoms with Crippen LogP contribution in [0.1, 0.15) is 6.23 Å². The third kappa shape index (κ3) is 3.22. The highest BCUT2D eigenvalue weighted by Crippen LogP contribution is 2.39. The normalized spacial score (nSPS) is 27.9. The fourth-order valence-corrected chi connectivity index (χ4v) is 2.84. The molecule has 0 spiro atoms. The molecule has 5 N–H and O–H groups in total. The molecule has 0 radical (unpaired) electrons. The van der Waals surface area contributed by atoms with E-state index >= 15 is 0 Å². The lowest BCUT2D eigenvalue weighted by atomic mass is 10.1. The number of phosphoric acid groups is 1. The van der Waals surface area contributed by atoms with Crippen molar-refractivity contribution in [3.63, 3.8) is 0 Å². The highest BCUT2D eigenvalue weighted by Gasteiger charge is 2.46. The molecule has 2 aromatic rings. The van der Waals surface area contributed by atoms with Crippen LogP contribution in [0.25, 0.3) is 11.2 Å². The molecule has 14 heteroatoms. The summed E-state index contributed by atoms with van der Waals surface area (Å²) >= 11 is 5.72. The van der Waals surface area contributed by atoms with Crippen molar-refractivity contribution in [3.8, 4) is 0 Å². The highest BCUT2D eigenvalue weighted by molar-refractivity contribution is 7.46. The molecule has 1 unspecified atom stereocenters. The van der Waals surface area contributed by atoms with E-state index in [1.54, 1.807) is 0 Å². The van der Waals surface area contributed by atoms with Gasteiger partial charge in [-0.05, 0) is 11.6 Å². The van der Waals surface area contributed by atoms with Crippen LogP contribution in [0.4, 0.5) is 10.2 Å². The van der Waals surface area contributed by atoms with Crippen LogP contribution in [0.3, 0.4) is 0 Å². The summed E-state index contributed by atoms with van der Waals surface area (Å²) in [7, 11) is -4.78. The zero-order valence-corrected chi connectivity index (χ0v) is 13.4. The Morgan fingerprint density at radius 1 is 1.50 bits per heavy atom. The number of halogens is 2. The van der Waals surface area contributed by atoms with Gasteiger partial charge in [0.15, 0.2) is 23.9 Å². The van der Waals surface area contributed by atoms with Crippen LogP contribution in [-0.4, -0.2) is 59.4 Å². The lowest BCUT2D eigenvalue weighted by Gasteiger charge is -2.15. The van der Waals surface area contributed by atoms with E-state index in [-0.39, 0.29) is 22.3 Å². The van der Waals surface area contributed by atoms with Crippen LogP contribution in [0.5, 0.6) is 0 Å². The first-order valence-corrected chi connectivity index (χ1v) is 8.41. The first-order valence-electron chi connectivity index (χ1n) is 6.50. The third-order valence-electron chi connectivity index (χ3n) is 3.40. The van der Waals surface area contributed by atoms with Crippen molar-refractivity contribution in [1.29, 1.82) is 0 Å². The Kier molecular flexibility index (Phi) is 4.47. The lowest BCUT2D eigenvalue weighted by Crippen LogP contribution is -2.31. The molecule has 4 atom stereocenters. The SMILES string of the molecule is Nc1nc(Cl)nc2c1ncn2[C@@H]1O[C@H](COP(=O)(O)O)C(O)[C@H]1F. The van der Waals surface area contributed by atoms with Crippen molar-refractivity contribution in [2.75, 3.05) is 12.3 Å². The minimum atomic E-state index is -4.78. The summed E-state index contributed by atoms with van der Waals surface area (Å²) in [6.45, 7) is -0.702. The molecule has 3 heterocycles. The molecule has 3 rings (SSSR count). The zero-order chi connectivity index (χ0) is 17.6. The monoisotopic (exact) mass is 383 g/mol. The van der Waals surface area contributed by atoms with Crippen molar-refractivity contribution >= 4 is 36.4 Å². The minimum Gasteiger partial charge on any atom is -0.387 e. The number of fused-ring (bicyclic) bond motifs is 1. The Balaban J connectivity index is 1.89. The average molecular weight is 384 g/mol. The summed E-state index contributed by atoms with van der Waals surface area (Å²) in [6.07, 6.45) is -5.08. The van der Waals surface area contributed by atoms with Gasteiger partial charge in [0.1, 0.15) is 17.7 Å². The van der Waals surface area contributed by atoms with Gasteiger partial charge in [0, 0.05) is 0 Å². The van der Waals surface area contributed by atoms with Gasteiger partial charge in [0.05, 0.1) is 12.9 Å². The Morgan fingerprint density at radius 3 is 2.88 bits per heavy atom. The number of imidazole rings is 1. The van der Waals surface area contributed by atoms with Crippen molar-refractivity contribution < 1.29 is 33.1 Å². The smallest absolute Gasteiger partial charge is 0.387 e. The van der Waals surface area contributed by atoms with Crippen LogP contribution < -0.4 is 5.73 Å². The number of alkyl halides is 1. The van der Waals surface area contributed by atoms with E-state index in [0.717, 1.165) is 4.57 Å². The van der Waals surface area contributed by atoms with Gasteiger partial charge in [-0.2, -0.15) is 9.97 Å². The Labute approximate surface area is 138 Å². The summed E-state index contributed by atoms with van der Waals surface area (Å²) < 4.78 is 35.8. The predicted molar refractivity (Wildman–Crippen MR) is 77.6 cm³/mol. The number of nitrogen functional groups attached to an aromatic ring is 1. The third-order valence-corrected chi connectivity index (χ3v) is 4.05. The molecule has 1 saturated heterocycles. The number of ether oxygens (including phenoxy) is 1. The molecule has 24 heavy (non-hydrogen) atoms. The molecule has 0 amide bonds. The average Bonchev–Trinajstić information content (AvgIpc) is 3.00. The van der Waals surface area contributed by atoms with Gasteiger partial charge in [0.25, 0.3) is 0 Å². The van der Waals surface area contributed by atoms with Crippen LogP contribution in [0, 0.1) is 0 Å². The van der Waals surface area contributed by atoms with Crippen LogP contribution in [0.15, 0.2) is 6.33 Å². The second-order valence-electron chi connectivity index (χ2n) is 4.99. The number of rotatable bonds is 4. The summed E-state index contributed by atoms with van der Waals surface area (Å²) in [5.74, 6) is -0.0147. The van der Waals surface area contributed by atoms with Crippen molar-refractivity contribution in [1.82, 2.24) is 19.5 Å². The number of anilines is 1. The molecule has 0 bridgehead atoms. The Hall–Kier alpha value is -1.40. The van der Waals surface area contributed by atoms with Crippen molar-refractivity contribution in [3.05, 3.63) is 11.6 Å². The number of nitrogens with two attached hydrogens (primary N) is 1. The topological polar surface area (TPSA) is 166 Å². The first-order chi connectivity index (χ1) is 11.2. The number of hydrogen-bond donors (Lipinski definition) is 4. The largest absolute Gasteiger partial charge is 0.469 e. The molecule has 132 valence electrons. The maximum absolute atomic E-state index is 14.4. The van der Waals surface area contributed by atoms with Gasteiger partial charge in [-0.1, -0.05) is 0 Å². The molecule has 0 aliphatic carbocycles. The maximum Gasteiger partial charge on any atom is 0.469 e. The Morgan fingerprint density at radius 2 is 2.21 bits per heavy atom. The van der Waals surface area contributed by atoms with E-state index in [1.165, 1.54) is 6.33 Å². The highest BCUT2D eigenvalue weighted by atomic mass is 35.5. The number of aromatic nitrogens is 4. The first kappa shape index (κ1) is 17.4.